The number of benzene rings is 1. The van der Waals surface area contributed by atoms with Crippen LogP contribution in [0.15, 0.2) is 38.6 Å². The Morgan fingerprint density at radius 3 is 2.59 bits per heavy atom. The first-order valence-electron chi connectivity index (χ1n) is 6.09. The van der Waals surface area contributed by atoms with Gasteiger partial charge in [0.15, 0.2) is 6.10 Å². The molecule has 116 valence electrons. The van der Waals surface area contributed by atoms with Gasteiger partial charge in [-0.1, -0.05) is 23.7 Å². The molecule has 0 aliphatic carbocycles. The summed E-state index contributed by atoms with van der Waals surface area (Å²) < 4.78 is 6.70. The van der Waals surface area contributed by atoms with E-state index < -0.39 is 18.0 Å². The maximum Gasteiger partial charge on any atom is 0.349 e. The SMILES string of the molecule is CC(OC(=O)c1cc(Br)c(Br)s1)C(=O)Nc1ccccc1Cl. The minimum absolute atomic E-state index is 0.399. The normalized spacial score (nSPS) is 11.8. The average Bonchev–Trinajstić information content (AvgIpc) is 2.81. The van der Waals surface area contributed by atoms with Crippen molar-refractivity contribution < 1.29 is 14.3 Å². The molecule has 0 radical (unpaired) electrons. The lowest BCUT2D eigenvalue weighted by Crippen LogP contribution is -2.29. The van der Waals surface area contributed by atoms with Gasteiger partial charge in [0.1, 0.15) is 4.88 Å². The zero-order chi connectivity index (χ0) is 16.3. The molecule has 0 fully saturated rings. The number of amides is 1. The molecule has 1 N–H and O–H groups in total. The molecule has 1 atom stereocenters. The van der Waals surface area contributed by atoms with Gasteiger partial charge in [0.25, 0.3) is 5.91 Å². The molecular formula is C14H10Br2ClNO3S. The van der Waals surface area contributed by atoms with Crippen molar-refractivity contribution in [2.45, 2.75) is 13.0 Å². The Morgan fingerprint density at radius 1 is 1.32 bits per heavy atom. The van der Waals surface area contributed by atoms with E-state index in [0.29, 0.717) is 15.6 Å². The van der Waals surface area contributed by atoms with Crippen LogP contribution in [-0.4, -0.2) is 18.0 Å². The number of carbonyl (C=O) groups is 2. The lowest BCUT2D eigenvalue weighted by Gasteiger charge is -2.13. The molecule has 2 aromatic rings. The molecule has 2 rings (SSSR count). The molecule has 0 saturated carbocycles. The molecule has 8 heteroatoms. The van der Waals surface area contributed by atoms with Crippen LogP contribution >= 0.6 is 54.8 Å². The van der Waals surface area contributed by atoms with Crippen molar-refractivity contribution >= 4 is 72.4 Å². The standard InChI is InChI=1S/C14H10Br2ClNO3S/c1-7(13(19)18-10-5-3-2-4-9(10)17)21-14(20)11-6-8(15)12(16)22-11/h2-7H,1H3,(H,18,19). The highest BCUT2D eigenvalue weighted by molar-refractivity contribution is 9.13. The Balaban J connectivity index is 1.99. The number of rotatable bonds is 4. The Bertz CT molecular complexity index is 700. The van der Waals surface area contributed by atoms with Crippen LogP contribution in [0.5, 0.6) is 0 Å². The second-order valence-corrected chi connectivity index (χ2v) is 7.88. The lowest BCUT2D eigenvalue weighted by molar-refractivity contribution is -0.123. The topological polar surface area (TPSA) is 55.4 Å². The van der Waals surface area contributed by atoms with E-state index in [0.717, 1.165) is 8.26 Å². The highest BCUT2D eigenvalue weighted by Crippen LogP contribution is 2.32. The first kappa shape index (κ1) is 17.5. The minimum atomic E-state index is -0.941. The average molecular weight is 468 g/mol. The molecule has 0 bridgehead atoms. The van der Waals surface area contributed by atoms with Crippen molar-refractivity contribution in [3.63, 3.8) is 0 Å². The van der Waals surface area contributed by atoms with Gasteiger partial charge < -0.3 is 10.1 Å². The fraction of sp³-hybridized carbons (Fsp3) is 0.143. The third-order valence-electron chi connectivity index (χ3n) is 2.63. The van der Waals surface area contributed by atoms with Crippen molar-refractivity contribution in [3.05, 3.63) is 48.5 Å². The second kappa shape index (κ2) is 7.59. The third kappa shape index (κ3) is 4.32. The van der Waals surface area contributed by atoms with Crippen LogP contribution < -0.4 is 5.32 Å². The van der Waals surface area contributed by atoms with Gasteiger partial charge in [-0.15, -0.1) is 11.3 Å². The van der Waals surface area contributed by atoms with Gasteiger partial charge in [-0.3, -0.25) is 4.79 Å². The number of hydrogen-bond acceptors (Lipinski definition) is 4. The van der Waals surface area contributed by atoms with Crippen LogP contribution in [-0.2, 0) is 9.53 Å². The van der Waals surface area contributed by atoms with Crippen molar-refractivity contribution in [3.8, 4) is 0 Å². The maximum absolute atomic E-state index is 12.0. The van der Waals surface area contributed by atoms with Crippen LogP contribution in [0.2, 0.25) is 5.02 Å². The van der Waals surface area contributed by atoms with Crippen molar-refractivity contribution in [2.24, 2.45) is 0 Å². The predicted molar refractivity (Wildman–Crippen MR) is 94.7 cm³/mol. The number of para-hydroxylation sites is 1. The Hall–Kier alpha value is -0.890. The van der Waals surface area contributed by atoms with Crippen LogP contribution in [0.4, 0.5) is 5.69 Å². The van der Waals surface area contributed by atoms with Gasteiger partial charge in [-0.25, -0.2) is 4.79 Å². The molecule has 0 aliphatic rings. The predicted octanol–water partition coefficient (Wildman–Crippen LogP) is 5.11. The maximum atomic E-state index is 12.0. The van der Waals surface area contributed by atoms with E-state index in [1.54, 1.807) is 30.3 Å². The van der Waals surface area contributed by atoms with Crippen LogP contribution in [0.3, 0.4) is 0 Å². The number of nitrogens with one attached hydrogen (secondary N) is 1. The number of carbonyl (C=O) groups excluding carboxylic acids is 2. The number of hydrogen-bond donors (Lipinski definition) is 1. The zero-order valence-corrected chi connectivity index (χ0v) is 16.0. The van der Waals surface area contributed by atoms with Gasteiger partial charge in [0, 0.05) is 4.47 Å². The molecule has 1 aromatic carbocycles. The van der Waals surface area contributed by atoms with E-state index in [4.69, 9.17) is 16.3 Å². The van der Waals surface area contributed by atoms with Gasteiger partial charge in [-0.05, 0) is 57.0 Å². The molecule has 22 heavy (non-hydrogen) atoms. The summed E-state index contributed by atoms with van der Waals surface area (Å²) in [5, 5.41) is 3.04. The van der Waals surface area contributed by atoms with Crippen LogP contribution in [0, 0.1) is 0 Å². The van der Waals surface area contributed by atoms with E-state index in [1.807, 2.05) is 0 Å². The summed E-state index contributed by atoms with van der Waals surface area (Å²) >= 11 is 13.8. The smallest absolute Gasteiger partial charge is 0.349 e. The molecule has 4 nitrogen and oxygen atoms in total. The highest BCUT2D eigenvalue weighted by Gasteiger charge is 2.21. The van der Waals surface area contributed by atoms with Gasteiger partial charge in [0.05, 0.1) is 14.5 Å². The summed E-state index contributed by atoms with van der Waals surface area (Å²) in [5.41, 5.74) is 0.471. The van der Waals surface area contributed by atoms with E-state index in [9.17, 15) is 9.59 Å². The summed E-state index contributed by atoms with van der Waals surface area (Å²) in [6, 6.07) is 8.47. The van der Waals surface area contributed by atoms with Crippen LogP contribution in [0.25, 0.3) is 0 Å². The Morgan fingerprint density at radius 2 is 2.00 bits per heavy atom. The number of halogens is 3. The first-order chi connectivity index (χ1) is 10.4. The minimum Gasteiger partial charge on any atom is -0.448 e. The first-order valence-corrected chi connectivity index (χ1v) is 8.87. The van der Waals surface area contributed by atoms with Crippen molar-refractivity contribution in [1.29, 1.82) is 0 Å². The van der Waals surface area contributed by atoms with Crippen molar-refractivity contribution in [1.82, 2.24) is 0 Å². The van der Waals surface area contributed by atoms with Gasteiger partial charge >= 0.3 is 5.97 Å². The fourth-order valence-electron chi connectivity index (χ4n) is 1.52. The Kier molecular flexibility index (Phi) is 6.02. The summed E-state index contributed by atoms with van der Waals surface area (Å²) in [6.07, 6.45) is -0.941. The molecule has 1 amide bonds. The fourth-order valence-corrected chi connectivity index (χ4v) is 3.62. The quantitative estimate of drug-likeness (QED) is 0.636. The van der Waals surface area contributed by atoms with Gasteiger partial charge in [0.2, 0.25) is 0 Å². The lowest BCUT2D eigenvalue weighted by atomic mass is 10.3. The van der Waals surface area contributed by atoms with E-state index in [-0.39, 0.29) is 0 Å². The molecule has 0 aliphatic heterocycles. The summed E-state index contributed by atoms with van der Waals surface area (Å²) in [4.78, 5) is 24.4. The third-order valence-corrected chi connectivity index (χ3v) is 6.20. The number of thiophene rings is 1. The molecular weight excluding hydrogens is 457 g/mol. The number of anilines is 1. The molecule has 0 saturated heterocycles. The molecule has 1 aromatic heterocycles. The van der Waals surface area contributed by atoms with E-state index in [2.05, 4.69) is 37.2 Å². The number of esters is 1. The second-order valence-electron chi connectivity index (χ2n) is 4.25. The molecule has 1 unspecified atom stereocenters. The largest absolute Gasteiger partial charge is 0.448 e. The van der Waals surface area contributed by atoms with Gasteiger partial charge in [-0.2, -0.15) is 0 Å². The van der Waals surface area contributed by atoms with Crippen LogP contribution in [0.1, 0.15) is 16.6 Å². The van der Waals surface area contributed by atoms with Crippen molar-refractivity contribution in [2.75, 3.05) is 5.32 Å². The summed E-state index contributed by atoms with van der Waals surface area (Å²) in [7, 11) is 0. The monoisotopic (exact) mass is 465 g/mol. The molecule has 1 heterocycles. The zero-order valence-electron chi connectivity index (χ0n) is 11.2. The highest BCUT2D eigenvalue weighted by atomic mass is 79.9. The number of ether oxygens (including phenoxy) is 1. The summed E-state index contributed by atoms with van der Waals surface area (Å²) in [5.74, 6) is -1.01. The van der Waals surface area contributed by atoms with E-state index in [1.165, 1.54) is 18.3 Å². The summed E-state index contributed by atoms with van der Waals surface area (Å²) in [6.45, 7) is 1.50. The molecule has 0 spiro atoms. The van der Waals surface area contributed by atoms with E-state index >= 15 is 0 Å². The Labute approximate surface area is 153 Å².